The number of hydrogen-bond acceptors (Lipinski definition) is 4. The van der Waals surface area contributed by atoms with Crippen LogP contribution in [0.5, 0.6) is 0 Å². The van der Waals surface area contributed by atoms with Crippen LogP contribution in [0.1, 0.15) is 12.8 Å². The summed E-state index contributed by atoms with van der Waals surface area (Å²) in [4.78, 5) is 11.6. The van der Waals surface area contributed by atoms with Gasteiger partial charge >= 0.3 is 0 Å². The molecule has 1 amide bonds. The number of amides is 1. The van der Waals surface area contributed by atoms with Crippen molar-refractivity contribution in [1.29, 1.82) is 0 Å². The Morgan fingerprint density at radius 2 is 2.17 bits per heavy atom. The highest BCUT2D eigenvalue weighted by Crippen LogP contribution is 2.26. The average molecular weight is 400 g/mol. The zero-order valence-corrected chi connectivity index (χ0v) is 15.3. The van der Waals surface area contributed by atoms with E-state index in [4.69, 9.17) is 17.3 Å². The third-order valence-electron chi connectivity index (χ3n) is 3.71. The Hall–Kier alpha value is -0.930. The Labute approximate surface area is 152 Å². The van der Waals surface area contributed by atoms with E-state index in [0.717, 1.165) is 16.4 Å². The molecule has 0 spiro atoms. The van der Waals surface area contributed by atoms with E-state index in [9.17, 15) is 17.6 Å². The fourth-order valence-electron chi connectivity index (χ4n) is 2.54. The van der Waals surface area contributed by atoms with Gasteiger partial charge in [0, 0.05) is 31.2 Å². The summed E-state index contributed by atoms with van der Waals surface area (Å²) < 4.78 is 40.3. The lowest BCUT2D eigenvalue weighted by molar-refractivity contribution is -0.126. The van der Waals surface area contributed by atoms with Crippen molar-refractivity contribution in [1.82, 2.24) is 9.62 Å². The molecule has 2 rings (SSSR count). The van der Waals surface area contributed by atoms with Crippen molar-refractivity contribution in [3.63, 3.8) is 0 Å². The lowest BCUT2D eigenvalue weighted by atomic mass is 9.99. The molecule has 1 aromatic rings. The first-order chi connectivity index (χ1) is 10.9. The molecule has 136 valence electrons. The molecule has 24 heavy (non-hydrogen) atoms. The zero-order valence-electron chi connectivity index (χ0n) is 12.9. The minimum atomic E-state index is -4.00. The molecule has 1 fully saturated rings. The number of rotatable bonds is 5. The second kappa shape index (κ2) is 8.96. The van der Waals surface area contributed by atoms with E-state index < -0.39 is 26.7 Å². The molecule has 3 N–H and O–H groups in total. The molecule has 1 atom stereocenters. The molecule has 1 heterocycles. The monoisotopic (exact) mass is 399 g/mol. The first kappa shape index (κ1) is 21.1. The number of benzene rings is 1. The number of nitrogens with two attached hydrogens (primary N) is 1. The number of nitrogens with zero attached hydrogens (tertiary/aromatic N) is 1. The molecule has 1 aromatic carbocycles. The number of nitrogens with one attached hydrogen (secondary N) is 1. The van der Waals surface area contributed by atoms with Gasteiger partial charge in [-0.3, -0.25) is 4.79 Å². The van der Waals surface area contributed by atoms with Gasteiger partial charge < -0.3 is 11.1 Å². The third kappa shape index (κ3) is 4.80. The Balaban J connectivity index is 0.00000288. The number of carbonyl (C=O) groups is 1. The number of piperidine rings is 1. The predicted octanol–water partition coefficient (Wildman–Crippen LogP) is 1.38. The summed E-state index contributed by atoms with van der Waals surface area (Å²) in [7, 11) is -4.00. The first-order valence-electron chi connectivity index (χ1n) is 7.29. The summed E-state index contributed by atoms with van der Waals surface area (Å²) in [5.41, 5.74) is 5.33. The van der Waals surface area contributed by atoms with E-state index in [1.807, 2.05) is 0 Å². The summed E-state index contributed by atoms with van der Waals surface area (Å²) in [6.45, 7) is 0.941. The molecule has 0 aromatic heterocycles. The minimum absolute atomic E-state index is 0. The van der Waals surface area contributed by atoms with E-state index in [1.165, 1.54) is 6.07 Å². The normalized spacial score (nSPS) is 18.7. The highest BCUT2D eigenvalue weighted by Gasteiger charge is 2.34. The second-order valence-electron chi connectivity index (χ2n) is 5.36. The van der Waals surface area contributed by atoms with Crippen LogP contribution in [0.25, 0.3) is 0 Å². The summed E-state index contributed by atoms with van der Waals surface area (Å²) >= 11 is 5.65. The van der Waals surface area contributed by atoms with Gasteiger partial charge in [0.05, 0.1) is 5.92 Å². The van der Waals surface area contributed by atoms with Gasteiger partial charge in [-0.2, -0.15) is 4.31 Å². The van der Waals surface area contributed by atoms with Crippen LogP contribution in [0, 0.1) is 11.7 Å². The fourth-order valence-corrected chi connectivity index (χ4v) is 4.27. The van der Waals surface area contributed by atoms with Crippen molar-refractivity contribution in [2.45, 2.75) is 17.7 Å². The van der Waals surface area contributed by atoms with Gasteiger partial charge in [-0.25, -0.2) is 12.8 Å². The minimum Gasteiger partial charge on any atom is -0.355 e. The van der Waals surface area contributed by atoms with Crippen molar-refractivity contribution in [3.8, 4) is 0 Å². The molecular formula is C14H20Cl2FN3O3S. The number of sulfonamides is 1. The van der Waals surface area contributed by atoms with E-state index in [1.54, 1.807) is 0 Å². The molecule has 0 radical (unpaired) electrons. The molecule has 1 saturated heterocycles. The Morgan fingerprint density at radius 1 is 1.46 bits per heavy atom. The van der Waals surface area contributed by atoms with E-state index in [2.05, 4.69) is 5.32 Å². The van der Waals surface area contributed by atoms with Gasteiger partial charge in [0.15, 0.2) is 0 Å². The van der Waals surface area contributed by atoms with Crippen LogP contribution in [-0.2, 0) is 14.8 Å². The maximum Gasteiger partial charge on any atom is 0.246 e. The zero-order chi connectivity index (χ0) is 17.0. The van der Waals surface area contributed by atoms with Gasteiger partial charge in [-0.1, -0.05) is 11.6 Å². The van der Waals surface area contributed by atoms with Gasteiger partial charge in [-0.15, -0.1) is 12.4 Å². The van der Waals surface area contributed by atoms with Crippen molar-refractivity contribution >= 4 is 39.9 Å². The van der Waals surface area contributed by atoms with E-state index in [-0.39, 0.29) is 36.4 Å². The van der Waals surface area contributed by atoms with Crippen molar-refractivity contribution in [2.24, 2.45) is 11.7 Å². The molecule has 0 saturated carbocycles. The topological polar surface area (TPSA) is 92.5 Å². The quantitative estimate of drug-likeness (QED) is 0.781. The molecular weight excluding hydrogens is 380 g/mol. The molecule has 1 aliphatic heterocycles. The standard InChI is InChI=1S/C14H19ClFN3O3S.ClH/c15-11-3-4-13(12(16)8-11)23(21,22)19-7-1-2-10(9-19)14(20)18-6-5-17;/h3-4,8,10H,1-2,5-7,9,17H2,(H,18,20);1H. The first-order valence-corrected chi connectivity index (χ1v) is 9.11. The Bertz CT molecular complexity index is 688. The average Bonchev–Trinajstić information content (AvgIpc) is 2.52. The van der Waals surface area contributed by atoms with Gasteiger partial charge in [0.2, 0.25) is 15.9 Å². The lowest BCUT2D eigenvalue weighted by Gasteiger charge is -2.31. The fraction of sp³-hybridized carbons (Fsp3) is 0.500. The second-order valence-corrected chi connectivity index (χ2v) is 7.70. The van der Waals surface area contributed by atoms with Gasteiger partial charge in [0.25, 0.3) is 0 Å². The third-order valence-corrected chi connectivity index (χ3v) is 5.84. The summed E-state index contributed by atoms with van der Waals surface area (Å²) in [6, 6.07) is 3.43. The Morgan fingerprint density at radius 3 is 2.79 bits per heavy atom. The van der Waals surface area contributed by atoms with Gasteiger partial charge in [0.1, 0.15) is 10.7 Å². The van der Waals surface area contributed by atoms with E-state index >= 15 is 0 Å². The van der Waals surface area contributed by atoms with Gasteiger partial charge in [-0.05, 0) is 31.0 Å². The lowest BCUT2D eigenvalue weighted by Crippen LogP contribution is -2.46. The number of carbonyl (C=O) groups excluding carboxylic acids is 1. The molecule has 10 heteroatoms. The van der Waals surface area contributed by atoms with Crippen LogP contribution in [0.4, 0.5) is 4.39 Å². The molecule has 0 bridgehead atoms. The van der Waals surface area contributed by atoms with E-state index in [0.29, 0.717) is 25.9 Å². The molecule has 6 nitrogen and oxygen atoms in total. The highest BCUT2D eigenvalue weighted by atomic mass is 35.5. The van der Waals surface area contributed by atoms with Crippen LogP contribution in [0.15, 0.2) is 23.1 Å². The van der Waals surface area contributed by atoms with Crippen molar-refractivity contribution in [2.75, 3.05) is 26.2 Å². The summed E-state index contributed by atoms with van der Waals surface area (Å²) in [5.74, 6) is -1.58. The maximum atomic E-state index is 13.9. The van der Waals surface area contributed by atoms with Crippen LogP contribution < -0.4 is 11.1 Å². The predicted molar refractivity (Wildman–Crippen MR) is 92.2 cm³/mol. The number of halogens is 3. The number of hydrogen-bond donors (Lipinski definition) is 2. The highest BCUT2D eigenvalue weighted by molar-refractivity contribution is 7.89. The summed E-state index contributed by atoms with van der Waals surface area (Å²) in [5, 5.41) is 2.78. The largest absolute Gasteiger partial charge is 0.355 e. The summed E-state index contributed by atoms with van der Waals surface area (Å²) in [6.07, 6.45) is 1.13. The smallest absolute Gasteiger partial charge is 0.246 e. The van der Waals surface area contributed by atoms with Crippen molar-refractivity contribution in [3.05, 3.63) is 29.0 Å². The Kier molecular flexibility index (Phi) is 7.88. The molecule has 1 aliphatic rings. The maximum absolute atomic E-state index is 13.9. The SMILES string of the molecule is Cl.NCCNC(=O)C1CCCN(S(=O)(=O)c2ccc(Cl)cc2F)C1. The van der Waals surface area contributed by atoms with Crippen LogP contribution in [-0.4, -0.2) is 44.8 Å². The van der Waals surface area contributed by atoms with Crippen molar-refractivity contribution < 1.29 is 17.6 Å². The molecule has 0 aliphatic carbocycles. The van der Waals surface area contributed by atoms with Crippen LogP contribution in [0.2, 0.25) is 5.02 Å². The van der Waals surface area contributed by atoms with Crippen LogP contribution >= 0.6 is 24.0 Å². The van der Waals surface area contributed by atoms with Crippen LogP contribution in [0.3, 0.4) is 0 Å². The molecule has 1 unspecified atom stereocenters.